The van der Waals surface area contributed by atoms with Gasteiger partial charge in [0.2, 0.25) is 0 Å². The first-order chi connectivity index (χ1) is 12.5. The number of benzene rings is 2. The van der Waals surface area contributed by atoms with E-state index in [1.165, 1.54) is 24.3 Å². The van der Waals surface area contributed by atoms with Crippen LogP contribution >= 0.6 is 23.4 Å². The lowest BCUT2D eigenvalue weighted by Gasteiger charge is -2.07. The quantitative estimate of drug-likeness (QED) is 0.425. The van der Waals surface area contributed by atoms with Gasteiger partial charge in [-0.3, -0.25) is 4.79 Å². The number of ether oxygens (including phenoxy) is 1. The summed E-state index contributed by atoms with van der Waals surface area (Å²) in [6, 6.07) is 12.3. The summed E-state index contributed by atoms with van der Waals surface area (Å²) in [4.78, 5) is 12.3. The number of ketones is 1. The molecule has 0 fully saturated rings. The second-order valence-electron chi connectivity index (χ2n) is 5.34. The maximum Gasteiger partial charge on any atom is 0.277 e. The van der Waals surface area contributed by atoms with Gasteiger partial charge < -0.3 is 9.15 Å². The Bertz CT molecular complexity index is 884. The Labute approximate surface area is 158 Å². The average molecular weight is 393 g/mol. The van der Waals surface area contributed by atoms with Crippen LogP contribution in [0.5, 0.6) is 5.75 Å². The number of carbonyl (C=O) groups is 1. The van der Waals surface area contributed by atoms with E-state index in [1.807, 2.05) is 0 Å². The van der Waals surface area contributed by atoms with Gasteiger partial charge in [-0.25, -0.2) is 4.39 Å². The molecule has 134 valence electrons. The maximum atomic E-state index is 12.9. The van der Waals surface area contributed by atoms with Gasteiger partial charge in [0.15, 0.2) is 12.4 Å². The Morgan fingerprint density at radius 2 is 1.88 bits per heavy atom. The molecule has 0 amide bonds. The van der Waals surface area contributed by atoms with Crippen LogP contribution < -0.4 is 4.74 Å². The van der Waals surface area contributed by atoms with E-state index in [0.29, 0.717) is 22.2 Å². The van der Waals surface area contributed by atoms with Crippen molar-refractivity contribution in [3.63, 3.8) is 0 Å². The van der Waals surface area contributed by atoms with Gasteiger partial charge in [0.1, 0.15) is 11.6 Å². The summed E-state index contributed by atoms with van der Waals surface area (Å²) in [5.74, 6) is 0.391. The van der Waals surface area contributed by atoms with Gasteiger partial charge in [-0.2, -0.15) is 0 Å². The molecule has 3 aromatic rings. The van der Waals surface area contributed by atoms with Crippen LogP contribution in [0.25, 0.3) is 0 Å². The predicted octanol–water partition coefficient (Wildman–Crippen LogP) is 4.80. The first-order valence-electron chi connectivity index (χ1n) is 7.68. The Kier molecular flexibility index (Phi) is 5.90. The van der Waals surface area contributed by atoms with Crippen molar-refractivity contribution in [1.29, 1.82) is 0 Å². The molecule has 0 radical (unpaired) electrons. The fourth-order valence-electron chi connectivity index (χ4n) is 2.07. The summed E-state index contributed by atoms with van der Waals surface area (Å²) in [7, 11) is 0. The monoisotopic (exact) mass is 392 g/mol. The van der Waals surface area contributed by atoms with E-state index in [-0.39, 0.29) is 23.4 Å². The second kappa shape index (κ2) is 8.33. The van der Waals surface area contributed by atoms with Crippen LogP contribution in [-0.2, 0) is 6.61 Å². The maximum absolute atomic E-state index is 12.9. The van der Waals surface area contributed by atoms with Gasteiger partial charge in [-0.1, -0.05) is 23.4 Å². The topological polar surface area (TPSA) is 65.2 Å². The van der Waals surface area contributed by atoms with E-state index in [0.717, 1.165) is 11.8 Å². The largest absolute Gasteiger partial charge is 0.484 e. The molecule has 0 unspecified atom stereocenters. The molecule has 0 aliphatic heterocycles. The van der Waals surface area contributed by atoms with Gasteiger partial charge >= 0.3 is 0 Å². The van der Waals surface area contributed by atoms with Crippen molar-refractivity contribution in [2.45, 2.75) is 24.0 Å². The second-order valence-corrected chi connectivity index (χ2v) is 7.06. The summed E-state index contributed by atoms with van der Waals surface area (Å²) < 4.78 is 24.0. The minimum absolute atomic E-state index is 0.107. The summed E-state index contributed by atoms with van der Waals surface area (Å²) >= 11 is 6.95. The third-order valence-corrected chi connectivity index (χ3v) is 4.59. The number of rotatable bonds is 7. The highest BCUT2D eigenvalue weighted by Crippen LogP contribution is 2.25. The van der Waals surface area contributed by atoms with E-state index in [9.17, 15) is 9.18 Å². The number of nitrogens with zero attached hydrogens (tertiary/aromatic N) is 2. The molecule has 0 spiro atoms. The van der Waals surface area contributed by atoms with Gasteiger partial charge in [-0.05, 0) is 55.5 Å². The molecule has 1 heterocycles. The minimum Gasteiger partial charge on any atom is -0.484 e. The zero-order valence-corrected chi connectivity index (χ0v) is 15.3. The lowest BCUT2D eigenvalue weighted by atomic mass is 10.1. The SMILES string of the molecule is C[C@H](Sc1nnc(COc2ccc(Cl)cc2)o1)C(=O)c1ccc(F)cc1. The Balaban J connectivity index is 1.56. The molecule has 1 aromatic heterocycles. The van der Waals surface area contributed by atoms with Gasteiger partial charge in [0.05, 0.1) is 5.25 Å². The molecule has 3 rings (SSSR count). The van der Waals surface area contributed by atoms with Crippen LogP contribution in [0, 0.1) is 5.82 Å². The van der Waals surface area contributed by atoms with E-state index >= 15 is 0 Å². The zero-order valence-electron chi connectivity index (χ0n) is 13.7. The van der Waals surface area contributed by atoms with Crippen molar-refractivity contribution >= 4 is 29.1 Å². The van der Waals surface area contributed by atoms with Crippen LogP contribution in [0.1, 0.15) is 23.2 Å². The third-order valence-electron chi connectivity index (χ3n) is 3.40. The normalized spacial score (nSPS) is 12.0. The number of halogens is 2. The lowest BCUT2D eigenvalue weighted by molar-refractivity contribution is 0.0993. The summed E-state index contributed by atoms with van der Waals surface area (Å²) in [5.41, 5.74) is 0.428. The number of aromatic nitrogens is 2. The van der Waals surface area contributed by atoms with Gasteiger partial charge in [0.25, 0.3) is 11.1 Å². The molecular formula is C18H14ClFN2O3S. The number of thioether (sulfide) groups is 1. The number of carbonyl (C=O) groups excluding carboxylic acids is 1. The zero-order chi connectivity index (χ0) is 18.5. The van der Waals surface area contributed by atoms with Crippen LogP contribution in [0.4, 0.5) is 4.39 Å². The number of Topliss-reactive ketones (excluding diaryl/α,β-unsaturated/α-hetero) is 1. The van der Waals surface area contributed by atoms with Crippen molar-refractivity contribution in [3.05, 3.63) is 70.8 Å². The Hall–Kier alpha value is -2.38. The molecular weight excluding hydrogens is 379 g/mol. The van der Waals surface area contributed by atoms with Gasteiger partial charge in [-0.15, -0.1) is 10.2 Å². The molecule has 0 aliphatic carbocycles. The molecule has 26 heavy (non-hydrogen) atoms. The smallest absolute Gasteiger partial charge is 0.277 e. The highest BCUT2D eigenvalue weighted by atomic mass is 35.5. The summed E-state index contributed by atoms with van der Waals surface area (Å²) in [6.07, 6.45) is 0. The summed E-state index contributed by atoms with van der Waals surface area (Å²) in [6.45, 7) is 1.83. The van der Waals surface area contributed by atoms with Crippen LogP contribution in [-0.4, -0.2) is 21.2 Å². The van der Waals surface area contributed by atoms with Crippen molar-refractivity contribution in [1.82, 2.24) is 10.2 Å². The third kappa shape index (κ3) is 4.83. The average Bonchev–Trinajstić information content (AvgIpc) is 3.08. The fraction of sp³-hybridized carbons (Fsp3) is 0.167. The molecule has 1 atom stereocenters. The standard InChI is InChI=1S/C18H14ClFN2O3S/c1-11(17(23)12-2-6-14(20)7-3-12)26-18-22-21-16(25-18)10-24-15-8-4-13(19)5-9-15/h2-9,11H,10H2,1H3/t11-/m0/s1. The predicted molar refractivity (Wildman–Crippen MR) is 96.1 cm³/mol. The highest BCUT2D eigenvalue weighted by Gasteiger charge is 2.20. The fourth-order valence-corrected chi connectivity index (χ4v) is 2.98. The van der Waals surface area contributed by atoms with Crippen LogP contribution in [0.3, 0.4) is 0 Å². The first-order valence-corrected chi connectivity index (χ1v) is 8.94. The lowest BCUT2D eigenvalue weighted by Crippen LogP contribution is -2.13. The van der Waals surface area contributed by atoms with E-state index in [2.05, 4.69) is 10.2 Å². The molecule has 5 nitrogen and oxygen atoms in total. The van der Waals surface area contributed by atoms with Gasteiger partial charge in [0, 0.05) is 10.6 Å². The first kappa shape index (κ1) is 18.4. The number of hydrogen-bond acceptors (Lipinski definition) is 6. The van der Waals surface area contributed by atoms with Crippen LogP contribution in [0.15, 0.2) is 58.2 Å². The Morgan fingerprint density at radius 1 is 1.19 bits per heavy atom. The molecule has 0 saturated carbocycles. The van der Waals surface area contributed by atoms with Crippen LogP contribution in [0.2, 0.25) is 5.02 Å². The van der Waals surface area contributed by atoms with Crippen molar-refractivity contribution in [3.8, 4) is 5.75 Å². The molecule has 2 aromatic carbocycles. The molecule has 0 saturated heterocycles. The van der Waals surface area contributed by atoms with E-state index < -0.39 is 5.25 Å². The molecule has 0 aliphatic rings. The van der Waals surface area contributed by atoms with Crippen molar-refractivity contribution in [2.75, 3.05) is 0 Å². The molecule has 0 bridgehead atoms. The van der Waals surface area contributed by atoms with E-state index in [1.54, 1.807) is 31.2 Å². The Morgan fingerprint density at radius 3 is 2.58 bits per heavy atom. The van der Waals surface area contributed by atoms with Crippen molar-refractivity contribution in [2.24, 2.45) is 0 Å². The van der Waals surface area contributed by atoms with Crippen molar-refractivity contribution < 1.29 is 18.3 Å². The summed E-state index contributed by atoms with van der Waals surface area (Å²) in [5, 5.41) is 8.23. The number of hydrogen-bond donors (Lipinski definition) is 0. The molecule has 0 N–H and O–H groups in total. The molecule has 8 heteroatoms. The van der Waals surface area contributed by atoms with E-state index in [4.69, 9.17) is 20.8 Å². The minimum atomic E-state index is -0.453. The highest BCUT2D eigenvalue weighted by molar-refractivity contribution is 8.00.